The van der Waals surface area contributed by atoms with E-state index in [0.29, 0.717) is 24.6 Å². The molecule has 0 aliphatic carbocycles. The maximum absolute atomic E-state index is 13.7. The molecule has 0 spiro atoms. The number of hydrogen-bond acceptors (Lipinski definition) is 4. The zero-order chi connectivity index (χ0) is 25.2. The third-order valence-electron chi connectivity index (χ3n) is 6.48. The average Bonchev–Trinajstić information content (AvgIpc) is 3.34. The van der Waals surface area contributed by atoms with Crippen molar-refractivity contribution in [3.05, 3.63) is 115 Å². The van der Waals surface area contributed by atoms with Crippen LogP contribution in [0.1, 0.15) is 5.56 Å². The number of nitrogens with one attached hydrogen (secondary N) is 1. The number of benzene rings is 3. The molecular formula is C30H24FN5O. The van der Waals surface area contributed by atoms with E-state index < -0.39 is 0 Å². The number of carbonyl (C=O) groups is 1. The van der Waals surface area contributed by atoms with Crippen LogP contribution < -0.4 is 10.4 Å². The molecule has 3 aromatic carbocycles. The third kappa shape index (κ3) is 4.52. The van der Waals surface area contributed by atoms with Crippen LogP contribution in [0.3, 0.4) is 0 Å². The van der Waals surface area contributed by atoms with Gasteiger partial charge in [-0.05, 0) is 58.7 Å². The van der Waals surface area contributed by atoms with Crippen LogP contribution in [0.4, 0.5) is 10.2 Å². The molecule has 0 fully saturated rings. The van der Waals surface area contributed by atoms with Gasteiger partial charge in [-0.2, -0.15) is 5.10 Å². The lowest BCUT2D eigenvalue weighted by Crippen LogP contribution is -2.50. The Balaban J connectivity index is 1.36. The Hall–Kier alpha value is -4.62. The summed E-state index contributed by atoms with van der Waals surface area (Å²) in [6.45, 7) is 1.16. The molecule has 0 radical (unpaired) electrons. The number of halogens is 1. The second-order valence-corrected chi connectivity index (χ2v) is 8.89. The molecule has 1 N–H and O–H groups in total. The molecule has 0 saturated heterocycles. The highest BCUT2D eigenvalue weighted by atomic mass is 19.1. The monoisotopic (exact) mass is 489 g/mol. The van der Waals surface area contributed by atoms with Crippen molar-refractivity contribution in [3.63, 3.8) is 0 Å². The Labute approximate surface area is 214 Å². The second-order valence-electron chi connectivity index (χ2n) is 8.89. The molecule has 1 aliphatic heterocycles. The lowest BCUT2D eigenvalue weighted by Gasteiger charge is -2.29. The van der Waals surface area contributed by atoms with Crippen LogP contribution in [0.15, 0.2) is 103 Å². The highest BCUT2D eigenvalue weighted by Gasteiger charge is 2.31. The van der Waals surface area contributed by atoms with Crippen molar-refractivity contribution in [1.82, 2.24) is 20.2 Å². The van der Waals surface area contributed by atoms with Gasteiger partial charge in [0.25, 0.3) is 0 Å². The van der Waals surface area contributed by atoms with E-state index in [1.54, 1.807) is 29.5 Å². The van der Waals surface area contributed by atoms with Crippen LogP contribution in [0.2, 0.25) is 0 Å². The average molecular weight is 490 g/mol. The van der Waals surface area contributed by atoms with E-state index >= 15 is 0 Å². The number of anilines is 1. The number of hydrazine groups is 1. The lowest BCUT2D eigenvalue weighted by molar-refractivity contribution is -0.118. The Morgan fingerprint density at radius 1 is 0.811 bits per heavy atom. The first-order chi connectivity index (χ1) is 18.2. The summed E-state index contributed by atoms with van der Waals surface area (Å²) in [5, 5.41) is 6.45. The summed E-state index contributed by atoms with van der Waals surface area (Å²) in [5.74, 6) is 0.270. The van der Waals surface area contributed by atoms with Crippen LogP contribution in [-0.2, 0) is 17.8 Å². The third-order valence-corrected chi connectivity index (χ3v) is 6.48. The number of carbonyl (C=O) groups excluding carboxylic acids is 1. The van der Waals surface area contributed by atoms with E-state index in [4.69, 9.17) is 5.10 Å². The van der Waals surface area contributed by atoms with Gasteiger partial charge in [-0.25, -0.2) is 19.5 Å². The van der Waals surface area contributed by atoms with Crippen molar-refractivity contribution in [2.75, 3.05) is 11.6 Å². The first-order valence-electron chi connectivity index (χ1n) is 12.2. The van der Waals surface area contributed by atoms with Gasteiger partial charge in [-0.3, -0.25) is 9.78 Å². The van der Waals surface area contributed by atoms with E-state index in [-0.39, 0.29) is 18.1 Å². The summed E-state index contributed by atoms with van der Waals surface area (Å²) in [7, 11) is 0. The molecule has 182 valence electrons. The highest BCUT2D eigenvalue weighted by molar-refractivity contribution is 6.00. The van der Waals surface area contributed by atoms with Crippen molar-refractivity contribution in [1.29, 1.82) is 0 Å². The minimum Gasteiger partial charge on any atom is -0.273 e. The van der Waals surface area contributed by atoms with Gasteiger partial charge in [0.1, 0.15) is 11.5 Å². The number of nitrogens with zero attached hydrogens (tertiary/aromatic N) is 4. The van der Waals surface area contributed by atoms with E-state index in [2.05, 4.69) is 22.5 Å². The second kappa shape index (κ2) is 9.79. The SMILES string of the molecule is O=C(Cc1ccc(-c2ccccc2)cc1)N1NCCn2nc(-c3ccc(F)cc3)c(-c3ccncc3)c21. The Morgan fingerprint density at radius 2 is 1.49 bits per heavy atom. The van der Waals surface area contributed by atoms with E-state index in [1.807, 2.05) is 59.3 Å². The fourth-order valence-electron chi connectivity index (χ4n) is 4.68. The van der Waals surface area contributed by atoms with Gasteiger partial charge in [0.2, 0.25) is 5.91 Å². The smallest absolute Gasteiger partial charge is 0.247 e. The number of pyridine rings is 1. The van der Waals surface area contributed by atoms with Crippen LogP contribution in [0, 0.1) is 5.82 Å². The van der Waals surface area contributed by atoms with Gasteiger partial charge in [0, 0.05) is 24.5 Å². The molecule has 0 unspecified atom stereocenters. The molecule has 0 bridgehead atoms. The molecule has 6 rings (SSSR count). The number of rotatable bonds is 5. The van der Waals surface area contributed by atoms with Gasteiger partial charge in [-0.15, -0.1) is 0 Å². The van der Waals surface area contributed by atoms with E-state index in [0.717, 1.165) is 33.4 Å². The van der Waals surface area contributed by atoms with Crippen LogP contribution in [0.5, 0.6) is 0 Å². The van der Waals surface area contributed by atoms with Crippen molar-refractivity contribution in [3.8, 4) is 33.5 Å². The van der Waals surface area contributed by atoms with Crippen molar-refractivity contribution < 1.29 is 9.18 Å². The Bertz CT molecular complexity index is 1530. The zero-order valence-electron chi connectivity index (χ0n) is 20.0. The van der Waals surface area contributed by atoms with Crippen molar-refractivity contribution in [2.45, 2.75) is 13.0 Å². The number of hydrogen-bond donors (Lipinski definition) is 1. The topological polar surface area (TPSA) is 63.1 Å². The molecule has 3 heterocycles. The van der Waals surface area contributed by atoms with Gasteiger partial charge >= 0.3 is 0 Å². The normalized spacial score (nSPS) is 12.8. The molecule has 0 saturated carbocycles. The standard InChI is InChI=1S/C30H24FN5O/c31-26-12-10-25(11-13-26)29-28(24-14-16-32-17-15-24)30-35(34-29)19-18-33-36(30)27(37)20-21-6-8-23(9-7-21)22-4-2-1-3-5-22/h1-17,33H,18-20H2. The minimum atomic E-state index is -0.310. The Morgan fingerprint density at radius 3 is 2.22 bits per heavy atom. The van der Waals surface area contributed by atoms with Gasteiger partial charge < -0.3 is 0 Å². The van der Waals surface area contributed by atoms with E-state index in [9.17, 15) is 9.18 Å². The molecule has 37 heavy (non-hydrogen) atoms. The van der Waals surface area contributed by atoms with Crippen LogP contribution in [0.25, 0.3) is 33.5 Å². The molecular weight excluding hydrogens is 465 g/mol. The largest absolute Gasteiger partial charge is 0.273 e. The number of fused-ring (bicyclic) bond motifs is 1. The highest BCUT2D eigenvalue weighted by Crippen LogP contribution is 2.40. The minimum absolute atomic E-state index is 0.0886. The molecule has 1 amide bonds. The first kappa shape index (κ1) is 22.8. The fourth-order valence-corrected chi connectivity index (χ4v) is 4.68. The quantitative estimate of drug-likeness (QED) is 0.354. The number of amides is 1. The summed E-state index contributed by atoms with van der Waals surface area (Å²) in [5.41, 5.74) is 9.58. The summed E-state index contributed by atoms with van der Waals surface area (Å²) >= 11 is 0. The Kier molecular flexibility index (Phi) is 6.04. The fraction of sp³-hybridized carbons (Fsp3) is 0.100. The predicted molar refractivity (Wildman–Crippen MR) is 142 cm³/mol. The molecule has 2 aromatic heterocycles. The van der Waals surface area contributed by atoms with Gasteiger partial charge in [0.15, 0.2) is 5.82 Å². The summed E-state index contributed by atoms with van der Waals surface area (Å²) in [4.78, 5) is 17.8. The summed E-state index contributed by atoms with van der Waals surface area (Å²) in [6.07, 6.45) is 3.66. The maximum atomic E-state index is 13.7. The summed E-state index contributed by atoms with van der Waals surface area (Å²) in [6, 6.07) is 28.3. The summed E-state index contributed by atoms with van der Waals surface area (Å²) < 4.78 is 15.5. The maximum Gasteiger partial charge on any atom is 0.247 e. The lowest BCUT2D eigenvalue weighted by atomic mass is 10.0. The molecule has 0 atom stereocenters. The van der Waals surface area contributed by atoms with Crippen LogP contribution in [-0.4, -0.2) is 27.2 Å². The number of aromatic nitrogens is 3. The van der Waals surface area contributed by atoms with E-state index in [1.165, 1.54) is 12.1 Å². The van der Waals surface area contributed by atoms with Crippen molar-refractivity contribution >= 4 is 11.7 Å². The zero-order valence-corrected chi connectivity index (χ0v) is 20.0. The van der Waals surface area contributed by atoms with Crippen LogP contribution >= 0.6 is 0 Å². The van der Waals surface area contributed by atoms with Gasteiger partial charge in [-0.1, -0.05) is 54.6 Å². The molecule has 1 aliphatic rings. The first-order valence-corrected chi connectivity index (χ1v) is 12.2. The molecule has 5 aromatic rings. The molecule has 6 nitrogen and oxygen atoms in total. The molecule has 7 heteroatoms. The predicted octanol–water partition coefficient (Wildman–Crippen LogP) is 5.51. The van der Waals surface area contributed by atoms with Crippen molar-refractivity contribution in [2.24, 2.45) is 0 Å². The van der Waals surface area contributed by atoms with Gasteiger partial charge in [0.05, 0.1) is 18.5 Å².